The fraction of sp³-hybridized carbons (Fsp3) is 0.647. The number of anilines is 4. The van der Waals surface area contributed by atoms with Gasteiger partial charge in [-0.3, -0.25) is 9.69 Å². The molecule has 2 N–H and O–H groups in total. The first-order chi connectivity index (χ1) is 22.2. The summed E-state index contributed by atoms with van der Waals surface area (Å²) in [6.45, 7) is 9.18. The number of likely N-dealkylation sites (N-methyl/N-ethyl adjacent to an activating group) is 1. The first kappa shape index (κ1) is 31.8. The van der Waals surface area contributed by atoms with Crippen LogP contribution >= 0.6 is 0 Å². The molecule has 2 saturated heterocycles. The van der Waals surface area contributed by atoms with E-state index >= 15 is 0 Å². The van der Waals surface area contributed by atoms with E-state index in [9.17, 15) is 13.2 Å². The van der Waals surface area contributed by atoms with Crippen molar-refractivity contribution in [3.63, 3.8) is 0 Å². The van der Waals surface area contributed by atoms with Crippen LogP contribution in [0.2, 0.25) is 0 Å². The zero-order valence-corrected chi connectivity index (χ0v) is 28.1. The zero-order valence-electron chi connectivity index (χ0n) is 27.2. The molecule has 3 aliphatic heterocycles. The van der Waals surface area contributed by atoms with Crippen molar-refractivity contribution in [1.29, 1.82) is 0 Å². The first-order valence-electron chi connectivity index (χ1n) is 17.3. The van der Waals surface area contributed by atoms with Crippen LogP contribution in [0.4, 0.5) is 23.0 Å². The molecule has 0 spiro atoms. The highest BCUT2D eigenvalue weighted by atomic mass is 32.2. The lowest BCUT2D eigenvalue weighted by molar-refractivity contribution is -0.119. The second-order valence-electron chi connectivity index (χ2n) is 13.9. The number of carbonyl (C=O) groups is 1. The lowest BCUT2D eigenvalue weighted by atomic mass is 9.90. The van der Waals surface area contributed by atoms with E-state index in [2.05, 4.69) is 24.7 Å². The minimum absolute atomic E-state index is 0.0269. The van der Waals surface area contributed by atoms with Gasteiger partial charge in [0.05, 0.1) is 10.6 Å². The van der Waals surface area contributed by atoms with Gasteiger partial charge in [-0.05, 0) is 101 Å². The summed E-state index contributed by atoms with van der Waals surface area (Å²) in [6, 6.07) is 11.1. The Bertz CT molecular complexity index is 1480. The molecule has 5 aliphatic rings. The second kappa shape index (κ2) is 13.4. The number of amides is 1. The van der Waals surface area contributed by atoms with Crippen molar-refractivity contribution in [2.45, 2.75) is 87.4 Å². The van der Waals surface area contributed by atoms with E-state index in [1.807, 2.05) is 19.1 Å². The number of carbonyl (C=O) groups excluding carboxylic acids is 1. The second-order valence-corrected chi connectivity index (χ2v) is 15.6. The van der Waals surface area contributed by atoms with Crippen LogP contribution in [0.25, 0.3) is 0 Å². The SMILES string of the molecule is C[C@@H]1C(=O)N(C)c2ccc(Nc3ccc(S(=O)(=O)N[C@H]4CC[C@H](N5CCN(CC6CC6)CC5)CC4)cc3)nc2N1C1CCOCC1. The van der Waals surface area contributed by atoms with Crippen LogP contribution in [-0.4, -0.2) is 106 Å². The smallest absolute Gasteiger partial charge is 0.249 e. The average molecular weight is 652 g/mol. The summed E-state index contributed by atoms with van der Waals surface area (Å²) >= 11 is 0. The number of hydrogen-bond acceptors (Lipinski definition) is 9. The molecule has 4 heterocycles. The van der Waals surface area contributed by atoms with Gasteiger partial charge in [-0.25, -0.2) is 18.1 Å². The van der Waals surface area contributed by atoms with Crippen LogP contribution < -0.4 is 19.8 Å². The normalized spacial score (nSPS) is 27.1. The third-order valence-corrected chi connectivity index (χ3v) is 12.3. The van der Waals surface area contributed by atoms with Gasteiger partial charge in [0.1, 0.15) is 11.9 Å². The number of nitrogens with one attached hydrogen (secondary N) is 2. The van der Waals surface area contributed by atoms with Gasteiger partial charge in [0.25, 0.3) is 0 Å². The Morgan fingerprint density at radius 3 is 2.24 bits per heavy atom. The van der Waals surface area contributed by atoms with Crippen LogP contribution in [0.5, 0.6) is 0 Å². The van der Waals surface area contributed by atoms with Crippen molar-refractivity contribution < 1.29 is 17.9 Å². The summed E-state index contributed by atoms with van der Waals surface area (Å²) in [5.74, 6) is 2.42. The topological polar surface area (TPSA) is 110 Å². The first-order valence-corrected chi connectivity index (χ1v) is 18.7. The highest BCUT2D eigenvalue weighted by Gasteiger charge is 2.39. The van der Waals surface area contributed by atoms with E-state index in [1.54, 1.807) is 36.2 Å². The minimum atomic E-state index is -3.62. The van der Waals surface area contributed by atoms with Gasteiger partial charge in [-0.1, -0.05) is 0 Å². The minimum Gasteiger partial charge on any atom is -0.381 e. The van der Waals surface area contributed by atoms with Gasteiger partial charge >= 0.3 is 0 Å². The third kappa shape index (κ3) is 6.92. The molecular weight excluding hydrogens is 602 g/mol. The highest BCUT2D eigenvalue weighted by Crippen LogP contribution is 2.38. The van der Waals surface area contributed by atoms with Gasteiger partial charge < -0.3 is 24.8 Å². The molecule has 1 atom stereocenters. The van der Waals surface area contributed by atoms with Crippen LogP contribution in [0, 0.1) is 5.92 Å². The standard InChI is InChI=1S/C34H49N7O4S/c1-24-34(42)38(2)31-13-14-32(36-33(31)41(24)29-15-21-45-22-16-29)35-26-7-11-30(12-8-26)46(43,44)37-27-5-9-28(10-6-27)40-19-17-39(18-20-40)23-25-3-4-25/h7-8,11-14,24-25,27-29,37H,3-6,9-10,15-23H2,1-2H3,(H,35,36)/t24-,27-,28-/m1/s1. The van der Waals surface area contributed by atoms with Crippen molar-refractivity contribution in [2.24, 2.45) is 5.92 Å². The highest BCUT2D eigenvalue weighted by molar-refractivity contribution is 7.89. The summed E-state index contributed by atoms with van der Waals surface area (Å²) in [7, 11) is -1.83. The van der Waals surface area contributed by atoms with Crippen molar-refractivity contribution >= 4 is 38.9 Å². The number of sulfonamides is 1. The molecule has 46 heavy (non-hydrogen) atoms. The molecule has 2 aromatic rings. The molecule has 250 valence electrons. The van der Waals surface area contributed by atoms with E-state index in [0.717, 1.165) is 74.7 Å². The van der Waals surface area contributed by atoms with E-state index in [4.69, 9.17) is 9.72 Å². The van der Waals surface area contributed by atoms with E-state index in [1.165, 1.54) is 32.5 Å². The summed E-state index contributed by atoms with van der Waals surface area (Å²) in [5, 5.41) is 3.34. The van der Waals surface area contributed by atoms with Crippen LogP contribution in [-0.2, 0) is 19.6 Å². The van der Waals surface area contributed by atoms with Crippen LogP contribution in [0.15, 0.2) is 41.3 Å². The number of aromatic nitrogens is 1. The Balaban J connectivity index is 0.949. The lowest BCUT2D eigenvalue weighted by Crippen LogP contribution is -2.56. The number of benzene rings is 1. The largest absolute Gasteiger partial charge is 0.381 e. The molecule has 0 unspecified atom stereocenters. The molecular formula is C34H49N7O4S. The molecule has 11 nitrogen and oxygen atoms in total. The van der Waals surface area contributed by atoms with Crippen LogP contribution in [0.3, 0.4) is 0 Å². The van der Waals surface area contributed by atoms with Gasteiger partial charge in [-0.15, -0.1) is 0 Å². The summed E-state index contributed by atoms with van der Waals surface area (Å²) in [5.41, 5.74) is 1.53. The fourth-order valence-corrected chi connectivity index (χ4v) is 9.11. The Morgan fingerprint density at radius 2 is 1.57 bits per heavy atom. The Kier molecular flexibility index (Phi) is 9.26. The third-order valence-electron chi connectivity index (χ3n) is 10.7. The van der Waals surface area contributed by atoms with E-state index < -0.39 is 10.0 Å². The number of ether oxygens (including phenoxy) is 1. The van der Waals surface area contributed by atoms with E-state index in [-0.39, 0.29) is 28.9 Å². The molecule has 1 aromatic heterocycles. The summed E-state index contributed by atoms with van der Waals surface area (Å²) in [6.07, 6.45) is 8.36. The van der Waals surface area contributed by atoms with Gasteiger partial charge in [0.15, 0.2) is 5.82 Å². The number of fused-ring (bicyclic) bond motifs is 1. The predicted octanol–water partition coefficient (Wildman–Crippen LogP) is 3.79. The zero-order chi connectivity index (χ0) is 31.8. The number of piperazine rings is 1. The number of nitrogens with zero attached hydrogens (tertiary/aromatic N) is 5. The maximum atomic E-state index is 13.3. The number of hydrogen-bond donors (Lipinski definition) is 2. The molecule has 12 heteroatoms. The van der Waals surface area contributed by atoms with Crippen molar-refractivity contribution in [3.8, 4) is 0 Å². The van der Waals surface area contributed by atoms with Crippen molar-refractivity contribution in [3.05, 3.63) is 36.4 Å². The van der Waals surface area contributed by atoms with Crippen molar-refractivity contribution in [2.75, 3.05) is 68.1 Å². The molecule has 0 bridgehead atoms. The average Bonchev–Trinajstić information content (AvgIpc) is 3.89. The number of pyridine rings is 1. The fourth-order valence-electron chi connectivity index (χ4n) is 7.80. The quantitative estimate of drug-likeness (QED) is 0.419. The van der Waals surface area contributed by atoms with Crippen molar-refractivity contribution in [1.82, 2.24) is 19.5 Å². The predicted molar refractivity (Wildman–Crippen MR) is 180 cm³/mol. The maximum absolute atomic E-state index is 13.3. The van der Waals surface area contributed by atoms with Crippen LogP contribution in [0.1, 0.15) is 58.3 Å². The molecule has 1 amide bonds. The summed E-state index contributed by atoms with van der Waals surface area (Å²) < 4.78 is 35.2. The molecule has 0 radical (unpaired) electrons. The maximum Gasteiger partial charge on any atom is 0.249 e. The molecule has 2 saturated carbocycles. The Hall–Kier alpha value is -2.77. The lowest BCUT2D eigenvalue weighted by Gasteiger charge is -2.44. The van der Waals surface area contributed by atoms with Gasteiger partial charge in [0.2, 0.25) is 15.9 Å². The molecule has 2 aliphatic carbocycles. The Labute approximate surface area is 273 Å². The molecule has 7 rings (SSSR count). The molecule has 1 aromatic carbocycles. The molecule has 4 fully saturated rings. The monoisotopic (exact) mass is 651 g/mol. The van der Waals surface area contributed by atoms with E-state index in [0.29, 0.717) is 25.1 Å². The van der Waals surface area contributed by atoms with Gasteiger partial charge in [0, 0.05) is 76.8 Å². The Morgan fingerprint density at radius 1 is 0.870 bits per heavy atom. The summed E-state index contributed by atoms with van der Waals surface area (Å²) in [4.78, 5) is 27.3. The number of rotatable bonds is 9. The van der Waals surface area contributed by atoms with Gasteiger partial charge in [-0.2, -0.15) is 0 Å².